The fourth-order valence-corrected chi connectivity index (χ4v) is 0.775. The second-order valence-electron chi connectivity index (χ2n) is 2.34. The highest BCUT2D eigenvalue weighted by molar-refractivity contribution is 5.88. The van der Waals surface area contributed by atoms with E-state index in [4.69, 9.17) is 0 Å². The first kappa shape index (κ1) is 8.70. The highest BCUT2D eigenvalue weighted by atomic mass is 16.5. The van der Waals surface area contributed by atoms with Gasteiger partial charge in [0.25, 0.3) is 0 Å². The lowest BCUT2D eigenvalue weighted by atomic mass is 10.4. The van der Waals surface area contributed by atoms with Gasteiger partial charge in [-0.25, -0.2) is 0 Å². The molecule has 66 valence electrons. The lowest BCUT2D eigenvalue weighted by Gasteiger charge is -1.87. The molecule has 12 heavy (non-hydrogen) atoms. The van der Waals surface area contributed by atoms with Gasteiger partial charge in [0.2, 0.25) is 5.91 Å². The smallest absolute Gasteiger partial charge is 0.220 e. The van der Waals surface area contributed by atoms with Gasteiger partial charge in [0, 0.05) is 19.4 Å². The number of rotatable bonds is 0. The number of nitrogens with zero attached hydrogens (tertiary/aromatic N) is 1. The maximum atomic E-state index is 10.1. The van der Waals surface area contributed by atoms with Crippen LogP contribution in [0.5, 0.6) is 0 Å². The zero-order valence-corrected chi connectivity index (χ0v) is 6.50. The third-order valence-electron chi connectivity index (χ3n) is 1.33. The third kappa shape index (κ3) is 3.14. The zero-order valence-electron chi connectivity index (χ0n) is 6.50. The topological polar surface area (TPSA) is 67.8 Å². The maximum Gasteiger partial charge on any atom is 0.220 e. The van der Waals surface area contributed by atoms with Crippen LogP contribution in [-0.4, -0.2) is 31.4 Å². The van der Waals surface area contributed by atoms with Crippen molar-refractivity contribution in [3.8, 4) is 0 Å². The first-order valence-electron chi connectivity index (χ1n) is 3.66. The molecule has 5 nitrogen and oxygen atoms in total. The fourth-order valence-electron chi connectivity index (χ4n) is 0.775. The van der Waals surface area contributed by atoms with Crippen LogP contribution >= 0.6 is 0 Å². The van der Waals surface area contributed by atoms with Crippen LogP contribution < -0.4 is 5.32 Å². The van der Waals surface area contributed by atoms with Crippen molar-refractivity contribution in [1.29, 1.82) is 0 Å². The van der Waals surface area contributed by atoms with E-state index in [-0.39, 0.29) is 18.4 Å². The zero-order chi connectivity index (χ0) is 8.81. The van der Waals surface area contributed by atoms with Crippen LogP contribution in [0.2, 0.25) is 0 Å². The monoisotopic (exact) mass is 169 g/mol. The normalized spacial score (nSPS) is 19.7. The van der Waals surface area contributed by atoms with Crippen LogP contribution in [0.15, 0.2) is 4.99 Å². The Hall–Kier alpha value is -1.39. The number of hydrogen-bond acceptors (Lipinski definition) is 3. The molecule has 1 fully saturated rings. The molecule has 1 N–H and O–H groups in total. The molecule has 0 radical (unpaired) electrons. The summed E-state index contributed by atoms with van der Waals surface area (Å²) in [5.74, 6) is -0.0509. The van der Waals surface area contributed by atoms with E-state index < -0.39 is 0 Å². The highest BCUT2D eigenvalue weighted by Crippen LogP contribution is 1.93. The minimum absolute atomic E-state index is 0.0694. The van der Waals surface area contributed by atoms with Gasteiger partial charge in [-0.15, -0.1) is 0 Å². The van der Waals surface area contributed by atoms with Gasteiger partial charge in [-0.3, -0.25) is 4.79 Å². The summed E-state index contributed by atoms with van der Waals surface area (Å²) in [6.45, 7) is 0.957. The molecule has 0 aromatic rings. The van der Waals surface area contributed by atoms with Gasteiger partial charge in [-0.1, -0.05) is 0 Å². The Kier molecular flexibility index (Phi) is 3.25. The molecule has 0 atom stereocenters. The highest BCUT2D eigenvalue weighted by Gasteiger charge is 2.05. The van der Waals surface area contributed by atoms with Crippen LogP contribution in [0.4, 0.5) is 0 Å². The van der Waals surface area contributed by atoms with Crippen LogP contribution in [0.25, 0.3) is 0 Å². The fraction of sp³-hybridized carbons (Fsp3) is 0.571. The van der Waals surface area contributed by atoms with E-state index in [1.807, 2.05) is 6.40 Å². The maximum absolute atomic E-state index is 10.1. The Morgan fingerprint density at radius 3 is 2.50 bits per heavy atom. The number of nitrogens with one attached hydrogen (secondary N) is 1. The molecule has 0 unspecified atom stereocenters. The number of hydrogen-bond donors (Lipinski definition) is 1. The molecular formula is C7H9N2O3-. The minimum atomic E-state index is -0.255. The van der Waals surface area contributed by atoms with Gasteiger partial charge < -0.3 is 19.8 Å². The van der Waals surface area contributed by atoms with E-state index in [2.05, 4.69) is 15.0 Å². The molecule has 0 bridgehead atoms. The van der Waals surface area contributed by atoms with Crippen molar-refractivity contribution in [3.05, 3.63) is 0 Å². The second kappa shape index (κ2) is 4.48. The summed E-state index contributed by atoms with van der Waals surface area (Å²) in [7, 11) is 0. The molecule has 0 spiro atoms. The molecule has 2 rings (SSSR count). The molecular weight excluding hydrogens is 160 g/mol. The summed E-state index contributed by atoms with van der Waals surface area (Å²) >= 11 is 0. The SMILES string of the molecule is O=C1CCCN1.O=C1CO[C-]=N1. The Bertz CT molecular complexity index is 205. The van der Waals surface area contributed by atoms with Gasteiger partial charge in [-0.05, 0) is 6.42 Å². The van der Waals surface area contributed by atoms with E-state index in [9.17, 15) is 9.59 Å². The van der Waals surface area contributed by atoms with Crippen LogP contribution in [0.1, 0.15) is 12.8 Å². The van der Waals surface area contributed by atoms with E-state index >= 15 is 0 Å². The minimum Gasteiger partial charge on any atom is -0.581 e. The lowest BCUT2D eigenvalue weighted by Crippen LogP contribution is -2.12. The number of aliphatic imine (C=N–C) groups is 1. The van der Waals surface area contributed by atoms with Crippen molar-refractivity contribution in [2.45, 2.75) is 12.8 Å². The van der Waals surface area contributed by atoms with E-state index in [1.54, 1.807) is 0 Å². The van der Waals surface area contributed by atoms with Gasteiger partial charge in [-0.2, -0.15) is 0 Å². The average molecular weight is 169 g/mol. The van der Waals surface area contributed by atoms with Gasteiger partial charge in [0.1, 0.15) is 5.91 Å². The summed E-state index contributed by atoms with van der Waals surface area (Å²) < 4.78 is 4.29. The third-order valence-corrected chi connectivity index (χ3v) is 1.33. The Balaban J connectivity index is 0.000000120. The molecule has 0 aromatic carbocycles. The van der Waals surface area contributed by atoms with Crippen molar-refractivity contribution in [3.63, 3.8) is 0 Å². The van der Waals surface area contributed by atoms with Gasteiger partial charge in [0.05, 0.1) is 6.61 Å². The molecule has 2 aliphatic heterocycles. The number of amides is 2. The Morgan fingerprint density at radius 1 is 1.50 bits per heavy atom. The first-order chi connectivity index (χ1) is 5.79. The van der Waals surface area contributed by atoms with E-state index in [0.29, 0.717) is 0 Å². The number of ether oxygens (including phenoxy) is 1. The average Bonchev–Trinajstić information content (AvgIpc) is 2.63. The number of carbonyl (C=O) groups excluding carboxylic acids is 2. The Labute approximate surface area is 69.8 Å². The predicted octanol–water partition coefficient (Wildman–Crippen LogP) is -0.655. The van der Waals surface area contributed by atoms with Crippen molar-refractivity contribution in [2.24, 2.45) is 4.99 Å². The predicted molar refractivity (Wildman–Crippen MR) is 40.6 cm³/mol. The summed E-state index contributed by atoms with van der Waals surface area (Å²) in [4.78, 5) is 23.1. The first-order valence-corrected chi connectivity index (χ1v) is 3.66. The van der Waals surface area contributed by atoms with Crippen LogP contribution in [-0.2, 0) is 14.3 Å². The lowest BCUT2D eigenvalue weighted by molar-refractivity contribution is -0.119. The quantitative estimate of drug-likeness (QED) is 0.490. The molecule has 2 amide bonds. The largest absolute Gasteiger partial charge is 0.581 e. The molecule has 0 saturated carbocycles. The van der Waals surface area contributed by atoms with Crippen LogP contribution in [0, 0.1) is 0 Å². The van der Waals surface area contributed by atoms with Gasteiger partial charge >= 0.3 is 0 Å². The second-order valence-corrected chi connectivity index (χ2v) is 2.34. The van der Waals surface area contributed by atoms with Crippen LogP contribution in [0.3, 0.4) is 0 Å². The van der Waals surface area contributed by atoms with Crippen molar-refractivity contribution < 1.29 is 14.3 Å². The molecule has 1 saturated heterocycles. The summed E-state index contributed by atoms with van der Waals surface area (Å²) in [6, 6.07) is 0. The summed E-state index contributed by atoms with van der Waals surface area (Å²) in [5.41, 5.74) is 0. The molecule has 0 aliphatic carbocycles. The summed E-state index contributed by atoms with van der Waals surface area (Å²) in [5, 5.41) is 2.68. The standard InChI is InChI=1S/C4H7NO.C3H2NO2/c6-4-2-1-3-5-4;5-3-1-6-2-4-3/h1-3H2,(H,5,6);1H2/q;-1. The van der Waals surface area contributed by atoms with Crippen molar-refractivity contribution in [1.82, 2.24) is 5.32 Å². The van der Waals surface area contributed by atoms with Crippen molar-refractivity contribution in [2.75, 3.05) is 13.2 Å². The Morgan fingerprint density at radius 2 is 2.33 bits per heavy atom. The molecule has 0 aromatic heterocycles. The molecule has 2 heterocycles. The van der Waals surface area contributed by atoms with E-state index in [0.717, 1.165) is 19.4 Å². The van der Waals surface area contributed by atoms with E-state index in [1.165, 1.54) is 0 Å². The summed E-state index contributed by atoms with van der Waals surface area (Å²) in [6.07, 6.45) is 3.81. The van der Waals surface area contributed by atoms with Crippen molar-refractivity contribution >= 4 is 18.2 Å². The number of carbonyl (C=O) groups is 2. The molecule has 5 heteroatoms. The van der Waals surface area contributed by atoms with Gasteiger partial charge in [0.15, 0.2) is 0 Å². The molecule has 2 aliphatic rings.